The summed E-state index contributed by atoms with van der Waals surface area (Å²) in [6.45, 7) is 0.324. The largest absolute Gasteiger partial charge is 0.467 e. The molecule has 0 radical (unpaired) electrons. The van der Waals surface area contributed by atoms with Crippen LogP contribution < -0.4 is 9.47 Å². The van der Waals surface area contributed by atoms with Crippen molar-refractivity contribution in [2.75, 3.05) is 7.11 Å². The van der Waals surface area contributed by atoms with Crippen LogP contribution in [-0.2, 0) is 6.61 Å². The average Bonchev–Trinajstić information content (AvgIpc) is 2.37. The van der Waals surface area contributed by atoms with E-state index in [1.54, 1.807) is 0 Å². The van der Waals surface area contributed by atoms with Gasteiger partial charge in [-0.3, -0.25) is 0 Å². The van der Waals surface area contributed by atoms with E-state index in [1.165, 1.54) is 7.11 Å². The number of methoxy groups -OCH3 is 1. The molecule has 0 saturated heterocycles. The molecule has 5 nitrogen and oxygen atoms in total. The van der Waals surface area contributed by atoms with Crippen LogP contribution in [0.15, 0.2) is 28.7 Å². The Morgan fingerprint density at radius 3 is 2.61 bits per heavy atom. The fourth-order valence-electron chi connectivity index (χ4n) is 1.23. The third-order valence-electron chi connectivity index (χ3n) is 2.06. The van der Waals surface area contributed by atoms with Crippen LogP contribution in [0.4, 0.5) is 0 Å². The number of rotatable bonds is 4. The highest BCUT2D eigenvalue weighted by Gasteiger charge is 2.07. The van der Waals surface area contributed by atoms with Gasteiger partial charge < -0.3 is 9.47 Å². The maximum Gasteiger partial charge on any atom is 0.324 e. The summed E-state index contributed by atoms with van der Waals surface area (Å²) in [5.41, 5.74) is 0.980. The van der Waals surface area contributed by atoms with Gasteiger partial charge in [0, 0.05) is 10.0 Å². The topological polar surface area (TPSA) is 57.1 Å². The summed E-state index contributed by atoms with van der Waals surface area (Å²) in [7, 11) is 1.45. The maximum absolute atomic E-state index is 5.71. The molecule has 0 aliphatic carbocycles. The number of hydrogen-bond donors (Lipinski definition) is 0. The van der Waals surface area contributed by atoms with Gasteiger partial charge in [-0.1, -0.05) is 34.1 Å². The molecule has 0 aliphatic rings. The molecule has 0 aliphatic heterocycles. The lowest BCUT2D eigenvalue weighted by Crippen LogP contribution is -2.03. The van der Waals surface area contributed by atoms with Crippen LogP contribution in [-0.4, -0.2) is 22.1 Å². The highest BCUT2D eigenvalue weighted by Crippen LogP contribution is 2.18. The first kappa shape index (κ1) is 13.0. The molecule has 0 spiro atoms. The molecule has 7 heteroatoms. The van der Waals surface area contributed by atoms with E-state index < -0.39 is 0 Å². The van der Waals surface area contributed by atoms with Crippen LogP contribution in [0.1, 0.15) is 5.56 Å². The Hall–Kier alpha value is -1.40. The van der Waals surface area contributed by atoms with Crippen molar-refractivity contribution in [3.8, 4) is 12.0 Å². The molecule has 0 bridgehead atoms. The van der Waals surface area contributed by atoms with Crippen molar-refractivity contribution in [1.82, 2.24) is 15.0 Å². The Balaban J connectivity index is 2.11. The first-order valence-corrected chi connectivity index (χ1v) is 6.18. The molecule has 0 atom stereocenters. The average molecular weight is 331 g/mol. The Morgan fingerprint density at radius 2 is 1.89 bits per heavy atom. The van der Waals surface area contributed by atoms with Gasteiger partial charge in [-0.15, -0.1) is 4.98 Å². The lowest BCUT2D eigenvalue weighted by atomic mass is 10.2. The standard InChI is InChI=1S/C11H9BrClN3O2/c1-17-10-14-9(13)15-11(16-10)18-6-7-4-2-3-5-8(7)12/h2-5H,6H2,1H3. The van der Waals surface area contributed by atoms with Crippen LogP contribution in [0.2, 0.25) is 5.28 Å². The second-order valence-electron chi connectivity index (χ2n) is 3.25. The first-order chi connectivity index (χ1) is 8.69. The molecule has 1 aromatic heterocycles. The van der Waals surface area contributed by atoms with E-state index in [1.807, 2.05) is 24.3 Å². The summed E-state index contributed by atoms with van der Waals surface area (Å²) in [6.07, 6.45) is 0. The fraction of sp³-hybridized carbons (Fsp3) is 0.182. The number of halogens is 2. The molecule has 0 unspecified atom stereocenters. The van der Waals surface area contributed by atoms with Crippen LogP contribution in [0, 0.1) is 0 Å². The predicted molar refractivity (Wildman–Crippen MR) is 69.9 cm³/mol. The second-order valence-corrected chi connectivity index (χ2v) is 4.45. The zero-order valence-corrected chi connectivity index (χ0v) is 11.8. The molecule has 2 aromatic rings. The number of benzene rings is 1. The number of ether oxygens (including phenoxy) is 2. The molecule has 2 rings (SSSR count). The first-order valence-electron chi connectivity index (χ1n) is 5.01. The molecular formula is C11H9BrClN3O2. The Bertz CT molecular complexity index is 554. The summed E-state index contributed by atoms with van der Waals surface area (Å²) >= 11 is 9.14. The van der Waals surface area contributed by atoms with Gasteiger partial charge in [0.25, 0.3) is 0 Å². The molecular weight excluding hydrogens is 321 g/mol. The van der Waals surface area contributed by atoms with E-state index in [9.17, 15) is 0 Å². The molecule has 18 heavy (non-hydrogen) atoms. The third kappa shape index (κ3) is 3.30. The van der Waals surface area contributed by atoms with Crippen molar-refractivity contribution in [2.45, 2.75) is 6.61 Å². The Kier molecular flexibility index (Phi) is 4.33. The van der Waals surface area contributed by atoms with Gasteiger partial charge in [0.05, 0.1) is 7.11 Å². The van der Waals surface area contributed by atoms with Crippen LogP contribution in [0.25, 0.3) is 0 Å². The zero-order valence-electron chi connectivity index (χ0n) is 9.43. The summed E-state index contributed by atoms with van der Waals surface area (Å²) in [4.78, 5) is 11.5. The third-order valence-corrected chi connectivity index (χ3v) is 3.01. The summed E-state index contributed by atoms with van der Waals surface area (Å²) < 4.78 is 11.3. The summed E-state index contributed by atoms with van der Waals surface area (Å²) in [5, 5.41) is 0.0315. The van der Waals surface area contributed by atoms with E-state index in [0.29, 0.717) is 6.61 Å². The van der Waals surface area contributed by atoms with Crippen LogP contribution in [0.3, 0.4) is 0 Å². The minimum Gasteiger partial charge on any atom is -0.467 e. The van der Waals surface area contributed by atoms with E-state index >= 15 is 0 Å². The number of hydrogen-bond acceptors (Lipinski definition) is 5. The van der Waals surface area contributed by atoms with Gasteiger partial charge in [-0.2, -0.15) is 9.97 Å². The molecule has 0 amide bonds. The highest BCUT2D eigenvalue weighted by molar-refractivity contribution is 9.10. The summed E-state index contributed by atoms with van der Waals surface area (Å²) in [5.74, 6) is 0. The monoisotopic (exact) mass is 329 g/mol. The van der Waals surface area contributed by atoms with Crippen molar-refractivity contribution < 1.29 is 9.47 Å². The van der Waals surface area contributed by atoms with Crippen molar-refractivity contribution in [1.29, 1.82) is 0 Å². The molecule has 0 fully saturated rings. The summed E-state index contributed by atoms with van der Waals surface area (Å²) in [6, 6.07) is 7.96. The predicted octanol–water partition coefficient (Wildman–Crippen LogP) is 2.88. The highest BCUT2D eigenvalue weighted by atomic mass is 79.9. The van der Waals surface area contributed by atoms with Gasteiger partial charge in [0.2, 0.25) is 5.28 Å². The SMILES string of the molecule is COc1nc(Cl)nc(OCc2ccccc2Br)n1. The zero-order chi connectivity index (χ0) is 13.0. The molecule has 1 heterocycles. The molecule has 0 saturated carbocycles. The Labute approximate surface area is 117 Å². The Morgan fingerprint density at radius 1 is 1.17 bits per heavy atom. The molecule has 1 aromatic carbocycles. The molecule has 94 valence electrons. The van der Waals surface area contributed by atoms with Crippen molar-refractivity contribution in [2.24, 2.45) is 0 Å². The lowest BCUT2D eigenvalue weighted by molar-refractivity contribution is 0.269. The smallest absolute Gasteiger partial charge is 0.324 e. The van der Waals surface area contributed by atoms with Gasteiger partial charge in [-0.05, 0) is 17.7 Å². The fourth-order valence-corrected chi connectivity index (χ4v) is 1.77. The van der Waals surface area contributed by atoms with Gasteiger partial charge >= 0.3 is 12.0 Å². The minimum absolute atomic E-state index is 0.0315. The van der Waals surface area contributed by atoms with E-state index in [0.717, 1.165) is 10.0 Å². The second kappa shape index (κ2) is 5.97. The van der Waals surface area contributed by atoms with E-state index in [4.69, 9.17) is 21.1 Å². The van der Waals surface area contributed by atoms with Gasteiger partial charge in [-0.25, -0.2) is 0 Å². The van der Waals surface area contributed by atoms with E-state index in [-0.39, 0.29) is 17.3 Å². The van der Waals surface area contributed by atoms with Gasteiger partial charge in [0.15, 0.2) is 0 Å². The van der Waals surface area contributed by atoms with Crippen molar-refractivity contribution >= 4 is 27.5 Å². The molecule has 0 N–H and O–H groups in total. The minimum atomic E-state index is 0.0315. The van der Waals surface area contributed by atoms with Gasteiger partial charge in [0.1, 0.15) is 6.61 Å². The van der Waals surface area contributed by atoms with Crippen molar-refractivity contribution in [3.63, 3.8) is 0 Å². The van der Waals surface area contributed by atoms with Crippen LogP contribution >= 0.6 is 27.5 Å². The normalized spacial score (nSPS) is 10.2. The maximum atomic E-state index is 5.71. The van der Waals surface area contributed by atoms with Crippen molar-refractivity contribution in [3.05, 3.63) is 39.6 Å². The quantitative estimate of drug-likeness (QED) is 0.863. The van der Waals surface area contributed by atoms with E-state index in [2.05, 4.69) is 30.9 Å². The number of nitrogens with zero attached hydrogens (tertiary/aromatic N) is 3. The lowest BCUT2D eigenvalue weighted by Gasteiger charge is -2.06. The van der Waals surface area contributed by atoms with Crippen LogP contribution in [0.5, 0.6) is 12.0 Å². The number of aromatic nitrogens is 3.